The summed E-state index contributed by atoms with van der Waals surface area (Å²) in [6, 6.07) is 15.0. The molecule has 0 aliphatic heterocycles. The highest BCUT2D eigenvalue weighted by molar-refractivity contribution is 6.30. The summed E-state index contributed by atoms with van der Waals surface area (Å²) in [5.41, 5.74) is 3.26. The van der Waals surface area contributed by atoms with Crippen LogP contribution in [-0.4, -0.2) is 25.4 Å². The van der Waals surface area contributed by atoms with Crippen molar-refractivity contribution in [2.45, 2.75) is 18.8 Å². The molecule has 1 aliphatic carbocycles. The topological polar surface area (TPSA) is 60.2 Å². The molecular weight excluding hydrogens is 395 g/mol. The minimum atomic E-state index is 0.0594. The summed E-state index contributed by atoms with van der Waals surface area (Å²) in [7, 11) is 0. The highest BCUT2D eigenvalue weighted by Crippen LogP contribution is 2.33. The van der Waals surface area contributed by atoms with E-state index < -0.39 is 0 Å². The van der Waals surface area contributed by atoms with Gasteiger partial charge < -0.3 is 0 Å². The van der Waals surface area contributed by atoms with Crippen molar-refractivity contribution in [1.29, 1.82) is 0 Å². The molecule has 0 unspecified atom stereocenters. The Hall–Kier alpha value is -2.76. The molecule has 138 valence electrons. The molecule has 4 aromatic rings. The summed E-state index contributed by atoms with van der Waals surface area (Å²) in [5.74, 6) is 1.14. The number of hydrogen-bond acceptors (Lipinski definition) is 4. The van der Waals surface area contributed by atoms with Crippen molar-refractivity contribution in [2.75, 3.05) is 0 Å². The van der Waals surface area contributed by atoms with Gasteiger partial charge in [0.2, 0.25) is 0 Å². The van der Waals surface area contributed by atoms with Crippen molar-refractivity contribution in [1.82, 2.24) is 19.6 Å². The molecular formula is C21H14Cl2N4O. The molecule has 0 radical (unpaired) electrons. The van der Waals surface area contributed by atoms with Gasteiger partial charge in [-0.05, 0) is 54.3 Å². The van der Waals surface area contributed by atoms with Crippen LogP contribution in [0.3, 0.4) is 0 Å². The summed E-state index contributed by atoms with van der Waals surface area (Å²) in [6.07, 6.45) is 2.83. The predicted molar refractivity (Wildman–Crippen MR) is 108 cm³/mol. The monoisotopic (exact) mass is 408 g/mol. The Labute approximate surface area is 171 Å². The van der Waals surface area contributed by atoms with Crippen molar-refractivity contribution in [3.63, 3.8) is 0 Å². The number of benzene rings is 2. The van der Waals surface area contributed by atoms with Gasteiger partial charge >= 0.3 is 0 Å². The van der Waals surface area contributed by atoms with Gasteiger partial charge in [0.25, 0.3) is 5.78 Å². The maximum Gasteiger partial charge on any atom is 0.252 e. The molecule has 0 bridgehead atoms. The van der Waals surface area contributed by atoms with Crippen LogP contribution >= 0.6 is 23.2 Å². The molecule has 5 rings (SSSR count). The zero-order valence-corrected chi connectivity index (χ0v) is 16.2. The fourth-order valence-electron chi connectivity index (χ4n) is 3.60. The Morgan fingerprint density at radius 1 is 0.964 bits per heavy atom. The van der Waals surface area contributed by atoms with Crippen LogP contribution in [0.1, 0.15) is 34.0 Å². The van der Waals surface area contributed by atoms with E-state index in [4.69, 9.17) is 23.2 Å². The van der Waals surface area contributed by atoms with Crippen molar-refractivity contribution in [3.05, 3.63) is 81.6 Å². The van der Waals surface area contributed by atoms with Gasteiger partial charge in [-0.3, -0.25) is 4.79 Å². The fraction of sp³-hybridized carbons (Fsp3) is 0.143. The summed E-state index contributed by atoms with van der Waals surface area (Å²) in [4.78, 5) is 21.9. The van der Waals surface area contributed by atoms with Crippen molar-refractivity contribution < 1.29 is 4.79 Å². The van der Waals surface area contributed by atoms with Gasteiger partial charge in [0.05, 0.1) is 11.3 Å². The lowest BCUT2D eigenvalue weighted by Crippen LogP contribution is -2.21. The molecule has 0 N–H and O–H groups in total. The second-order valence-corrected chi connectivity index (χ2v) is 7.74. The fourth-order valence-corrected chi connectivity index (χ4v) is 3.93. The summed E-state index contributed by atoms with van der Waals surface area (Å²) >= 11 is 12.1. The number of carbonyl (C=O) groups is 1. The number of ketones is 1. The number of aromatic nitrogens is 4. The van der Waals surface area contributed by atoms with Crippen LogP contribution in [0.4, 0.5) is 0 Å². The number of halogens is 2. The maximum atomic E-state index is 12.8. The van der Waals surface area contributed by atoms with E-state index in [9.17, 15) is 4.79 Å². The SMILES string of the molecule is O=C1C[C@@H](c2cccc(Cl)c2)Cc2nc3nc(-c4ccc(Cl)cc4)nn3cc21. The van der Waals surface area contributed by atoms with Crippen LogP contribution in [0.25, 0.3) is 17.2 Å². The van der Waals surface area contributed by atoms with Gasteiger partial charge in [-0.2, -0.15) is 4.98 Å². The van der Waals surface area contributed by atoms with E-state index in [1.54, 1.807) is 22.8 Å². The van der Waals surface area contributed by atoms with Crippen LogP contribution in [0.2, 0.25) is 10.0 Å². The van der Waals surface area contributed by atoms with E-state index in [1.165, 1.54) is 0 Å². The maximum absolute atomic E-state index is 12.8. The summed E-state index contributed by atoms with van der Waals surface area (Å²) in [6.45, 7) is 0. The first kappa shape index (κ1) is 17.3. The molecule has 0 amide bonds. The third-order valence-corrected chi connectivity index (χ3v) is 5.49. The first-order valence-corrected chi connectivity index (χ1v) is 9.63. The van der Waals surface area contributed by atoms with Crippen molar-refractivity contribution in [3.8, 4) is 11.4 Å². The van der Waals surface area contributed by atoms with Crippen LogP contribution < -0.4 is 0 Å². The van der Waals surface area contributed by atoms with Crippen LogP contribution in [0.5, 0.6) is 0 Å². The van der Waals surface area contributed by atoms with E-state index in [1.807, 2.05) is 36.4 Å². The molecule has 7 heteroatoms. The number of rotatable bonds is 2. The second kappa shape index (κ2) is 6.69. The van der Waals surface area contributed by atoms with Crippen LogP contribution in [0.15, 0.2) is 54.7 Å². The first-order valence-electron chi connectivity index (χ1n) is 8.88. The molecule has 28 heavy (non-hydrogen) atoms. The summed E-state index contributed by atoms with van der Waals surface area (Å²) in [5, 5.41) is 5.80. The Morgan fingerprint density at radius 3 is 2.57 bits per heavy atom. The number of hydrogen-bond donors (Lipinski definition) is 0. The molecule has 5 nitrogen and oxygen atoms in total. The minimum Gasteiger partial charge on any atom is -0.294 e. The van der Waals surface area contributed by atoms with E-state index in [2.05, 4.69) is 15.1 Å². The Bertz CT molecular complexity index is 1220. The van der Waals surface area contributed by atoms with Crippen molar-refractivity contribution >= 4 is 34.8 Å². The average molecular weight is 409 g/mol. The Balaban J connectivity index is 1.55. The molecule has 0 fully saturated rings. The van der Waals surface area contributed by atoms with Gasteiger partial charge in [0.15, 0.2) is 11.6 Å². The van der Waals surface area contributed by atoms with Gasteiger partial charge in [-0.1, -0.05) is 35.3 Å². The van der Waals surface area contributed by atoms with Gasteiger partial charge in [0.1, 0.15) is 0 Å². The number of carbonyl (C=O) groups excluding carboxylic acids is 1. The molecule has 2 aromatic carbocycles. The smallest absolute Gasteiger partial charge is 0.252 e. The van der Waals surface area contributed by atoms with Crippen LogP contribution in [-0.2, 0) is 6.42 Å². The molecule has 2 aromatic heterocycles. The van der Waals surface area contributed by atoms with Gasteiger partial charge in [-0.25, -0.2) is 9.50 Å². The van der Waals surface area contributed by atoms with Gasteiger partial charge in [-0.15, -0.1) is 5.10 Å². The predicted octanol–water partition coefficient (Wildman–Crippen LogP) is 5.01. The lowest BCUT2D eigenvalue weighted by Gasteiger charge is -2.23. The normalized spacial score (nSPS) is 16.4. The third-order valence-electron chi connectivity index (χ3n) is 5.00. The Morgan fingerprint density at radius 2 is 1.79 bits per heavy atom. The number of nitrogens with zero attached hydrogens (tertiary/aromatic N) is 4. The zero-order valence-electron chi connectivity index (χ0n) is 14.6. The molecule has 2 heterocycles. The highest BCUT2D eigenvalue weighted by Gasteiger charge is 2.28. The lowest BCUT2D eigenvalue weighted by atomic mass is 9.82. The molecule has 0 saturated carbocycles. The second-order valence-electron chi connectivity index (χ2n) is 6.87. The summed E-state index contributed by atoms with van der Waals surface area (Å²) < 4.78 is 1.57. The number of fused-ring (bicyclic) bond motifs is 2. The van der Waals surface area contributed by atoms with E-state index in [0.717, 1.165) is 16.8 Å². The number of Topliss-reactive ketones (excluding diaryl/α,β-unsaturated/α-hetero) is 1. The third kappa shape index (κ3) is 3.07. The first-order chi connectivity index (χ1) is 13.6. The van der Waals surface area contributed by atoms with Crippen LogP contribution in [0, 0.1) is 0 Å². The van der Waals surface area contributed by atoms with Crippen molar-refractivity contribution in [2.24, 2.45) is 0 Å². The largest absolute Gasteiger partial charge is 0.294 e. The minimum absolute atomic E-state index is 0.0594. The molecule has 1 atom stereocenters. The highest BCUT2D eigenvalue weighted by atomic mass is 35.5. The van der Waals surface area contributed by atoms with E-state index >= 15 is 0 Å². The quantitative estimate of drug-likeness (QED) is 0.467. The van der Waals surface area contributed by atoms with E-state index in [0.29, 0.717) is 40.1 Å². The van der Waals surface area contributed by atoms with E-state index in [-0.39, 0.29) is 11.7 Å². The standard InChI is InChI=1S/C21H14Cl2N4O/c22-15-6-4-12(5-7-15)20-25-21-24-18-9-14(13-2-1-3-16(23)8-13)10-19(28)17(18)11-27(21)26-20/h1-8,11,14H,9-10H2/t14-/m0/s1. The Kier molecular flexibility index (Phi) is 4.14. The molecule has 1 aliphatic rings. The molecule has 0 saturated heterocycles. The lowest BCUT2D eigenvalue weighted by molar-refractivity contribution is 0.0962. The van der Waals surface area contributed by atoms with Gasteiger partial charge in [0, 0.05) is 28.2 Å². The average Bonchev–Trinajstić information content (AvgIpc) is 3.10. The molecule has 0 spiro atoms. The zero-order chi connectivity index (χ0) is 19.3.